The fraction of sp³-hybridized carbons (Fsp3) is 0.667. The Morgan fingerprint density at radius 1 is 1.24 bits per heavy atom. The molecule has 0 aliphatic rings. The molecule has 0 saturated carbocycles. The van der Waals surface area contributed by atoms with Crippen molar-refractivity contribution < 1.29 is 4.52 Å². The molecule has 0 bridgehead atoms. The molecule has 0 radical (unpaired) electrons. The van der Waals surface area contributed by atoms with Crippen LogP contribution in [0.2, 0.25) is 0 Å². The summed E-state index contributed by atoms with van der Waals surface area (Å²) in [6.07, 6.45) is 3.14. The first kappa shape index (κ1) is 16.1. The minimum absolute atomic E-state index is 0.111. The van der Waals surface area contributed by atoms with E-state index < -0.39 is 0 Å². The lowest BCUT2D eigenvalue weighted by Gasteiger charge is -2.11. The van der Waals surface area contributed by atoms with Gasteiger partial charge >= 0.3 is 0 Å². The van der Waals surface area contributed by atoms with Gasteiger partial charge in [-0.1, -0.05) is 37.2 Å². The van der Waals surface area contributed by atoms with Crippen LogP contribution >= 0.6 is 11.8 Å². The highest BCUT2D eigenvalue weighted by Gasteiger charge is 2.19. The predicted molar refractivity (Wildman–Crippen MR) is 84.6 cm³/mol. The lowest BCUT2D eigenvalue weighted by molar-refractivity contribution is 0.375. The van der Waals surface area contributed by atoms with Gasteiger partial charge in [0.1, 0.15) is 0 Å². The van der Waals surface area contributed by atoms with Crippen LogP contribution in [0.25, 0.3) is 0 Å². The van der Waals surface area contributed by atoms with Crippen molar-refractivity contribution in [2.75, 3.05) is 0 Å². The van der Waals surface area contributed by atoms with Crippen LogP contribution in [-0.2, 0) is 13.0 Å². The average Bonchev–Trinajstić information content (AvgIpc) is 3.04. The molecule has 2 aromatic rings. The van der Waals surface area contributed by atoms with Gasteiger partial charge in [0.05, 0.1) is 10.9 Å². The van der Waals surface area contributed by atoms with E-state index in [1.54, 1.807) is 11.8 Å². The van der Waals surface area contributed by atoms with Gasteiger partial charge in [0.2, 0.25) is 5.89 Å². The standard InChI is InChI=1S/C15H24N4OS/c1-6-8-9-19-11(4)10(3)16-15(19)21-12(5)14-17-13(7-2)18-20-14/h12H,6-9H2,1-5H3. The van der Waals surface area contributed by atoms with Gasteiger partial charge < -0.3 is 9.09 Å². The monoisotopic (exact) mass is 308 g/mol. The summed E-state index contributed by atoms with van der Waals surface area (Å²) in [5.41, 5.74) is 2.35. The zero-order valence-electron chi connectivity index (χ0n) is 13.5. The molecule has 0 fully saturated rings. The van der Waals surface area contributed by atoms with Gasteiger partial charge in [-0.25, -0.2) is 4.98 Å². The van der Waals surface area contributed by atoms with E-state index in [1.165, 1.54) is 18.5 Å². The normalized spacial score (nSPS) is 12.8. The van der Waals surface area contributed by atoms with Crippen LogP contribution in [0.3, 0.4) is 0 Å². The molecule has 2 heterocycles. The maximum atomic E-state index is 5.33. The molecule has 2 rings (SSSR count). The summed E-state index contributed by atoms with van der Waals surface area (Å²) in [6, 6.07) is 0. The second-order valence-electron chi connectivity index (χ2n) is 5.23. The number of rotatable bonds is 7. The van der Waals surface area contributed by atoms with Crippen molar-refractivity contribution in [3.05, 3.63) is 23.1 Å². The Morgan fingerprint density at radius 2 is 2.00 bits per heavy atom. The van der Waals surface area contributed by atoms with E-state index in [1.807, 2.05) is 6.92 Å². The largest absolute Gasteiger partial charge is 0.338 e. The van der Waals surface area contributed by atoms with Crippen molar-refractivity contribution in [1.29, 1.82) is 0 Å². The summed E-state index contributed by atoms with van der Waals surface area (Å²) in [7, 11) is 0. The molecule has 0 spiro atoms. The van der Waals surface area contributed by atoms with Crippen LogP contribution in [0.15, 0.2) is 9.68 Å². The number of unbranched alkanes of at least 4 members (excludes halogenated alkanes) is 1. The number of hydrogen-bond donors (Lipinski definition) is 0. The molecule has 0 aliphatic heterocycles. The van der Waals surface area contributed by atoms with E-state index in [2.05, 4.69) is 42.4 Å². The Morgan fingerprint density at radius 3 is 2.62 bits per heavy atom. The van der Waals surface area contributed by atoms with E-state index in [0.29, 0.717) is 5.89 Å². The highest BCUT2D eigenvalue weighted by Crippen LogP contribution is 2.34. The number of thioether (sulfide) groups is 1. The quantitative estimate of drug-likeness (QED) is 0.721. The molecule has 1 unspecified atom stereocenters. The van der Waals surface area contributed by atoms with Crippen LogP contribution in [0.4, 0.5) is 0 Å². The molecule has 5 nitrogen and oxygen atoms in total. The fourth-order valence-corrected chi connectivity index (χ4v) is 3.14. The summed E-state index contributed by atoms with van der Waals surface area (Å²) < 4.78 is 7.63. The Balaban J connectivity index is 2.16. The second kappa shape index (κ2) is 7.11. The van der Waals surface area contributed by atoms with E-state index in [9.17, 15) is 0 Å². The first-order valence-electron chi connectivity index (χ1n) is 7.59. The Bertz CT molecular complexity index is 591. The number of aryl methyl sites for hydroxylation is 2. The number of imidazole rings is 1. The van der Waals surface area contributed by atoms with Gasteiger partial charge in [-0.15, -0.1) is 0 Å². The maximum Gasteiger partial charge on any atom is 0.239 e. The number of aromatic nitrogens is 4. The summed E-state index contributed by atoms with van der Waals surface area (Å²) in [5.74, 6) is 1.44. The molecule has 0 saturated heterocycles. The third kappa shape index (κ3) is 3.67. The average molecular weight is 308 g/mol. The van der Waals surface area contributed by atoms with Crippen molar-refractivity contribution in [3.8, 4) is 0 Å². The van der Waals surface area contributed by atoms with Crippen molar-refractivity contribution in [1.82, 2.24) is 19.7 Å². The third-order valence-corrected chi connectivity index (χ3v) is 4.67. The van der Waals surface area contributed by atoms with Crippen molar-refractivity contribution in [3.63, 3.8) is 0 Å². The third-order valence-electron chi connectivity index (χ3n) is 3.59. The predicted octanol–water partition coefficient (Wildman–Crippen LogP) is 4.10. The highest BCUT2D eigenvalue weighted by atomic mass is 32.2. The van der Waals surface area contributed by atoms with Gasteiger partial charge in [-0.2, -0.15) is 4.98 Å². The van der Waals surface area contributed by atoms with Crippen LogP contribution in [0, 0.1) is 13.8 Å². The highest BCUT2D eigenvalue weighted by molar-refractivity contribution is 7.99. The van der Waals surface area contributed by atoms with Crippen LogP contribution in [0.5, 0.6) is 0 Å². The van der Waals surface area contributed by atoms with Crippen molar-refractivity contribution in [2.45, 2.75) is 70.8 Å². The van der Waals surface area contributed by atoms with Gasteiger partial charge in [0, 0.05) is 18.7 Å². The lowest BCUT2D eigenvalue weighted by Crippen LogP contribution is -2.03. The zero-order valence-corrected chi connectivity index (χ0v) is 14.3. The Kier molecular flexibility index (Phi) is 5.45. The minimum atomic E-state index is 0.111. The number of hydrogen-bond acceptors (Lipinski definition) is 5. The summed E-state index contributed by atoms with van der Waals surface area (Å²) in [5, 5.41) is 5.12. The van der Waals surface area contributed by atoms with Gasteiger partial charge in [-0.3, -0.25) is 0 Å². The lowest BCUT2D eigenvalue weighted by atomic mass is 10.3. The molecular weight excluding hydrogens is 284 g/mol. The Hall–Kier alpha value is -1.30. The van der Waals surface area contributed by atoms with E-state index in [4.69, 9.17) is 9.51 Å². The van der Waals surface area contributed by atoms with Crippen molar-refractivity contribution >= 4 is 11.8 Å². The summed E-state index contributed by atoms with van der Waals surface area (Å²) in [6.45, 7) is 11.5. The molecule has 0 N–H and O–H groups in total. The van der Waals surface area contributed by atoms with Gasteiger partial charge in [0.15, 0.2) is 11.0 Å². The van der Waals surface area contributed by atoms with Gasteiger partial charge in [0.25, 0.3) is 0 Å². The first-order chi connectivity index (χ1) is 10.1. The van der Waals surface area contributed by atoms with Crippen LogP contribution in [-0.4, -0.2) is 19.7 Å². The zero-order chi connectivity index (χ0) is 15.4. The molecule has 1 atom stereocenters. The van der Waals surface area contributed by atoms with Crippen molar-refractivity contribution in [2.24, 2.45) is 0 Å². The SMILES string of the molecule is CCCCn1c(SC(C)c2nc(CC)no2)nc(C)c1C. The second-order valence-corrected chi connectivity index (χ2v) is 6.54. The topological polar surface area (TPSA) is 56.7 Å². The summed E-state index contributed by atoms with van der Waals surface area (Å²) >= 11 is 1.69. The van der Waals surface area contributed by atoms with Crippen LogP contribution in [0.1, 0.15) is 62.0 Å². The van der Waals surface area contributed by atoms with E-state index in [-0.39, 0.29) is 5.25 Å². The van der Waals surface area contributed by atoms with Crippen LogP contribution < -0.4 is 0 Å². The minimum Gasteiger partial charge on any atom is -0.338 e. The van der Waals surface area contributed by atoms with Gasteiger partial charge in [-0.05, 0) is 27.2 Å². The summed E-state index contributed by atoms with van der Waals surface area (Å²) in [4.78, 5) is 9.10. The molecule has 0 aromatic carbocycles. The molecule has 116 valence electrons. The fourth-order valence-electron chi connectivity index (χ4n) is 2.08. The first-order valence-corrected chi connectivity index (χ1v) is 8.47. The molecule has 2 aromatic heterocycles. The molecule has 0 amide bonds. The van der Waals surface area contributed by atoms with E-state index >= 15 is 0 Å². The van der Waals surface area contributed by atoms with E-state index in [0.717, 1.165) is 29.6 Å². The number of nitrogens with zero attached hydrogens (tertiary/aromatic N) is 4. The smallest absolute Gasteiger partial charge is 0.239 e. The Labute approximate surface area is 130 Å². The molecular formula is C15H24N4OS. The molecule has 6 heteroatoms. The maximum absolute atomic E-state index is 5.33. The molecule has 0 aliphatic carbocycles. The molecule has 21 heavy (non-hydrogen) atoms.